The Morgan fingerprint density at radius 2 is 1.82 bits per heavy atom. The van der Waals surface area contributed by atoms with Gasteiger partial charge in [-0.2, -0.15) is 0 Å². The molecule has 1 N–H and O–H groups in total. The van der Waals surface area contributed by atoms with Crippen LogP contribution in [0.5, 0.6) is 0 Å². The van der Waals surface area contributed by atoms with Gasteiger partial charge in [-0.3, -0.25) is 0 Å². The van der Waals surface area contributed by atoms with Crippen molar-refractivity contribution in [2.24, 2.45) is 11.3 Å². The minimum Gasteiger partial charge on any atom is -0.311 e. The van der Waals surface area contributed by atoms with E-state index in [9.17, 15) is 8.42 Å². The Labute approximate surface area is 105 Å². The molecule has 2 fully saturated rings. The lowest BCUT2D eigenvalue weighted by Crippen LogP contribution is -2.58. The van der Waals surface area contributed by atoms with Crippen LogP contribution in [0.15, 0.2) is 0 Å². The van der Waals surface area contributed by atoms with Gasteiger partial charge >= 0.3 is 0 Å². The first-order valence-electron chi connectivity index (χ1n) is 6.69. The van der Waals surface area contributed by atoms with E-state index in [-0.39, 0.29) is 22.0 Å². The first kappa shape index (κ1) is 13.3. The van der Waals surface area contributed by atoms with Crippen molar-refractivity contribution in [2.45, 2.75) is 63.5 Å². The van der Waals surface area contributed by atoms with E-state index in [4.69, 9.17) is 0 Å². The monoisotopic (exact) mass is 259 g/mol. The molecule has 0 aromatic rings. The first-order chi connectivity index (χ1) is 7.73. The molecule has 4 heteroatoms. The molecule has 1 heterocycles. The van der Waals surface area contributed by atoms with Gasteiger partial charge in [0.25, 0.3) is 0 Å². The molecule has 3 nitrogen and oxygen atoms in total. The highest BCUT2D eigenvalue weighted by Crippen LogP contribution is 2.41. The molecule has 1 aliphatic carbocycles. The Bertz CT molecular complexity index is 383. The third kappa shape index (κ3) is 2.39. The van der Waals surface area contributed by atoms with Crippen molar-refractivity contribution in [1.29, 1.82) is 0 Å². The molecule has 1 aliphatic heterocycles. The fourth-order valence-electron chi connectivity index (χ4n) is 3.24. The Balaban J connectivity index is 2.21. The molecule has 4 unspecified atom stereocenters. The Kier molecular flexibility index (Phi) is 3.32. The van der Waals surface area contributed by atoms with Crippen molar-refractivity contribution in [3.05, 3.63) is 0 Å². The van der Waals surface area contributed by atoms with Gasteiger partial charge in [0.15, 0.2) is 9.84 Å². The molecule has 0 aromatic heterocycles. The third-order valence-electron chi connectivity index (χ3n) is 4.67. The number of hydrogen-bond acceptors (Lipinski definition) is 3. The van der Waals surface area contributed by atoms with E-state index in [1.807, 2.05) is 6.92 Å². The van der Waals surface area contributed by atoms with E-state index >= 15 is 0 Å². The molecule has 2 aliphatic rings. The summed E-state index contributed by atoms with van der Waals surface area (Å²) in [5.41, 5.74) is 0.223. The third-order valence-corrected chi connectivity index (χ3v) is 7.32. The normalized spacial score (nSPS) is 41.9. The second-order valence-corrected chi connectivity index (χ2v) is 9.42. The van der Waals surface area contributed by atoms with Crippen LogP contribution in [0.2, 0.25) is 0 Å². The SMILES string of the molecule is CC1CNC2CCC(C(C)(C)C)CC2S1(=O)=O. The summed E-state index contributed by atoms with van der Waals surface area (Å²) in [6.45, 7) is 9.14. The van der Waals surface area contributed by atoms with Crippen LogP contribution in [0.3, 0.4) is 0 Å². The fourth-order valence-corrected chi connectivity index (χ4v) is 5.36. The molecule has 100 valence electrons. The van der Waals surface area contributed by atoms with Crippen LogP contribution in [0.25, 0.3) is 0 Å². The first-order valence-corrected chi connectivity index (χ1v) is 8.30. The summed E-state index contributed by atoms with van der Waals surface area (Å²) in [6.07, 6.45) is 3.01. The Morgan fingerprint density at radius 1 is 1.18 bits per heavy atom. The molecule has 0 amide bonds. The lowest BCUT2D eigenvalue weighted by atomic mass is 9.71. The highest BCUT2D eigenvalue weighted by molar-refractivity contribution is 7.92. The molecule has 0 spiro atoms. The van der Waals surface area contributed by atoms with Gasteiger partial charge in [0.2, 0.25) is 0 Å². The van der Waals surface area contributed by atoms with E-state index in [0.717, 1.165) is 19.3 Å². The zero-order valence-electron chi connectivity index (χ0n) is 11.4. The van der Waals surface area contributed by atoms with Crippen molar-refractivity contribution < 1.29 is 8.42 Å². The van der Waals surface area contributed by atoms with E-state index in [2.05, 4.69) is 26.1 Å². The summed E-state index contributed by atoms with van der Waals surface area (Å²) >= 11 is 0. The number of rotatable bonds is 0. The topological polar surface area (TPSA) is 46.2 Å². The molecule has 1 saturated carbocycles. The van der Waals surface area contributed by atoms with Crippen LogP contribution in [0.1, 0.15) is 47.0 Å². The lowest BCUT2D eigenvalue weighted by molar-refractivity contribution is 0.159. The maximum absolute atomic E-state index is 12.4. The van der Waals surface area contributed by atoms with Crippen LogP contribution < -0.4 is 5.32 Å². The molecule has 2 rings (SSSR count). The van der Waals surface area contributed by atoms with Crippen LogP contribution in [-0.2, 0) is 9.84 Å². The minimum atomic E-state index is -2.92. The van der Waals surface area contributed by atoms with E-state index in [0.29, 0.717) is 12.5 Å². The Morgan fingerprint density at radius 3 is 2.41 bits per heavy atom. The predicted octanol–water partition coefficient (Wildman–Crippen LogP) is 1.98. The molecule has 1 saturated heterocycles. The number of nitrogens with one attached hydrogen (secondary N) is 1. The van der Waals surface area contributed by atoms with Gasteiger partial charge < -0.3 is 5.32 Å². The van der Waals surface area contributed by atoms with Gasteiger partial charge in [0, 0.05) is 12.6 Å². The second-order valence-electron chi connectivity index (χ2n) is 6.83. The summed E-state index contributed by atoms with van der Waals surface area (Å²) in [7, 11) is -2.92. The summed E-state index contributed by atoms with van der Waals surface area (Å²) in [5.74, 6) is 0.533. The van der Waals surface area contributed by atoms with Gasteiger partial charge in [-0.1, -0.05) is 20.8 Å². The number of sulfone groups is 1. The molecule has 0 radical (unpaired) electrons. The number of hydrogen-bond donors (Lipinski definition) is 1. The van der Waals surface area contributed by atoms with Gasteiger partial charge in [-0.25, -0.2) is 8.42 Å². The van der Waals surface area contributed by atoms with E-state index in [1.165, 1.54) is 0 Å². The quantitative estimate of drug-likeness (QED) is 0.723. The van der Waals surface area contributed by atoms with E-state index < -0.39 is 9.84 Å². The van der Waals surface area contributed by atoms with E-state index in [1.54, 1.807) is 0 Å². The van der Waals surface area contributed by atoms with Crippen LogP contribution in [0.4, 0.5) is 0 Å². The molecule has 17 heavy (non-hydrogen) atoms. The average molecular weight is 259 g/mol. The smallest absolute Gasteiger partial charge is 0.158 e. The lowest BCUT2D eigenvalue weighted by Gasteiger charge is -2.45. The van der Waals surface area contributed by atoms with Gasteiger partial charge in [0.05, 0.1) is 10.5 Å². The predicted molar refractivity (Wildman–Crippen MR) is 70.8 cm³/mol. The largest absolute Gasteiger partial charge is 0.311 e. The molecule has 4 atom stereocenters. The van der Waals surface area contributed by atoms with Crippen molar-refractivity contribution in [1.82, 2.24) is 5.32 Å². The fraction of sp³-hybridized carbons (Fsp3) is 1.00. The zero-order chi connectivity index (χ0) is 12.8. The highest BCUT2D eigenvalue weighted by atomic mass is 32.2. The standard InChI is InChI=1S/C13H25NO2S/c1-9-8-14-11-6-5-10(13(2,3)4)7-12(11)17(9,15)16/h9-12,14H,5-8H2,1-4H3. The van der Waals surface area contributed by atoms with Gasteiger partial charge in [0.1, 0.15) is 0 Å². The zero-order valence-corrected chi connectivity index (χ0v) is 12.2. The Hall–Kier alpha value is -0.0900. The summed E-state index contributed by atoms with van der Waals surface area (Å²) < 4.78 is 24.8. The summed E-state index contributed by atoms with van der Waals surface area (Å²) in [5, 5.41) is 3.05. The summed E-state index contributed by atoms with van der Waals surface area (Å²) in [6, 6.07) is 0.204. The van der Waals surface area contributed by atoms with Crippen molar-refractivity contribution in [3.63, 3.8) is 0 Å². The number of fused-ring (bicyclic) bond motifs is 1. The maximum Gasteiger partial charge on any atom is 0.158 e. The second kappa shape index (κ2) is 4.23. The minimum absolute atomic E-state index is 0.149. The van der Waals surface area contributed by atoms with Crippen molar-refractivity contribution >= 4 is 9.84 Å². The summed E-state index contributed by atoms with van der Waals surface area (Å²) in [4.78, 5) is 0. The average Bonchev–Trinajstić information content (AvgIpc) is 2.22. The van der Waals surface area contributed by atoms with Crippen LogP contribution >= 0.6 is 0 Å². The molecular formula is C13H25NO2S. The van der Waals surface area contributed by atoms with Gasteiger partial charge in [-0.15, -0.1) is 0 Å². The van der Waals surface area contributed by atoms with Crippen LogP contribution in [0, 0.1) is 11.3 Å². The molecule has 0 aromatic carbocycles. The maximum atomic E-state index is 12.4. The van der Waals surface area contributed by atoms with Crippen molar-refractivity contribution in [2.75, 3.05) is 6.54 Å². The molecule has 0 bridgehead atoms. The van der Waals surface area contributed by atoms with Gasteiger partial charge in [-0.05, 0) is 37.5 Å². The highest BCUT2D eigenvalue weighted by Gasteiger charge is 2.46. The van der Waals surface area contributed by atoms with Crippen LogP contribution in [-0.4, -0.2) is 31.5 Å². The van der Waals surface area contributed by atoms with Crippen molar-refractivity contribution in [3.8, 4) is 0 Å². The molecular weight excluding hydrogens is 234 g/mol.